The second-order valence-corrected chi connectivity index (χ2v) is 10.7. The Morgan fingerprint density at radius 1 is 1.03 bits per heavy atom. The molecule has 0 aliphatic carbocycles. The van der Waals surface area contributed by atoms with Gasteiger partial charge < -0.3 is 0 Å². The SMILES string of the molecule is Cc1ccc(S(=O)(=O)N2CCC[C@H]2C(=O)n2nc(C)c(Sc3ccccc3)c2C)cc1. The van der Waals surface area contributed by atoms with E-state index in [2.05, 4.69) is 5.10 Å². The highest BCUT2D eigenvalue weighted by atomic mass is 32.2. The van der Waals surface area contributed by atoms with Crippen LogP contribution in [-0.4, -0.2) is 41.0 Å². The van der Waals surface area contributed by atoms with Crippen molar-refractivity contribution in [2.45, 2.75) is 54.3 Å². The minimum Gasteiger partial charge on any atom is -0.271 e. The van der Waals surface area contributed by atoms with Crippen molar-refractivity contribution in [2.24, 2.45) is 0 Å². The summed E-state index contributed by atoms with van der Waals surface area (Å²) in [5.41, 5.74) is 2.47. The lowest BCUT2D eigenvalue weighted by atomic mass is 10.2. The van der Waals surface area contributed by atoms with E-state index in [0.29, 0.717) is 19.4 Å². The molecule has 0 unspecified atom stereocenters. The molecule has 3 aromatic rings. The number of aromatic nitrogens is 2. The Balaban J connectivity index is 1.63. The average molecular weight is 456 g/mol. The normalized spacial score (nSPS) is 17.2. The number of benzene rings is 2. The molecule has 0 saturated carbocycles. The largest absolute Gasteiger partial charge is 0.271 e. The van der Waals surface area contributed by atoms with Crippen LogP contribution < -0.4 is 0 Å². The number of carbonyl (C=O) groups is 1. The van der Waals surface area contributed by atoms with Crippen molar-refractivity contribution < 1.29 is 13.2 Å². The molecular weight excluding hydrogens is 430 g/mol. The lowest BCUT2D eigenvalue weighted by Crippen LogP contribution is -2.43. The van der Waals surface area contributed by atoms with Gasteiger partial charge in [0.2, 0.25) is 10.0 Å². The molecule has 0 radical (unpaired) electrons. The van der Waals surface area contributed by atoms with Crippen LogP contribution in [0.15, 0.2) is 69.3 Å². The minimum absolute atomic E-state index is 0.214. The van der Waals surface area contributed by atoms with E-state index in [0.717, 1.165) is 26.7 Å². The fourth-order valence-corrected chi connectivity index (χ4v) is 6.46. The van der Waals surface area contributed by atoms with Gasteiger partial charge in [0.15, 0.2) is 0 Å². The average Bonchev–Trinajstić information content (AvgIpc) is 3.36. The standard InChI is InChI=1S/C23H25N3O3S2/c1-16-11-13-20(14-12-16)31(28,29)25-15-7-10-21(25)23(27)26-18(3)22(17(2)24-26)30-19-8-5-4-6-9-19/h4-6,8-9,11-14,21H,7,10,15H2,1-3H3/t21-/m0/s1. The van der Waals surface area contributed by atoms with Gasteiger partial charge in [-0.05, 0) is 57.9 Å². The molecule has 1 saturated heterocycles. The molecule has 2 heterocycles. The highest BCUT2D eigenvalue weighted by Gasteiger charge is 2.41. The Hall–Kier alpha value is -2.42. The highest BCUT2D eigenvalue weighted by Crippen LogP contribution is 2.34. The minimum atomic E-state index is -3.76. The van der Waals surface area contributed by atoms with Gasteiger partial charge in [-0.15, -0.1) is 0 Å². The van der Waals surface area contributed by atoms with E-state index in [1.807, 2.05) is 51.1 Å². The van der Waals surface area contributed by atoms with Gasteiger partial charge in [-0.3, -0.25) is 4.79 Å². The number of rotatable bonds is 5. The Bertz CT molecular complexity index is 1200. The van der Waals surface area contributed by atoms with Crippen LogP contribution in [0.2, 0.25) is 0 Å². The number of hydrogen-bond acceptors (Lipinski definition) is 5. The molecule has 1 aliphatic rings. The molecule has 0 amide bonds. The maximum Gasteiger partial charge on any atom is 0.265 e. The number of aryl methyl sites for hydroxylation is 2. The Labute approximate surface area is 187 Å². The number of carbonyl (C=O) groups excluding carboxylic acids is 1. The van der Waals surface area contributed by atoms with Crippen molar-refractivity contribution >= 4 is 27.7 Å². The van der Waals surface area contributed by atoms with E-state index in [-0.39, 0.29) is 10.8 Å². The summed E-state index contributed by atoms with van der Waals surface area (Å²) in [6.45, 7) is 5.97. The highest BCUT2D eigenvalue weighted by molar-refractivity contribution is 7.99. The summed E-state index contributed by atoms with van der Waals surface area (Å²) >= 11 is 1.56. The summed E-state index contributed by atoms with van der Waals surface area (Å²) in [7, 11) is -3.76. The summed E-state index contributed by atoms with van der Waals surface area (Å²) in [5.74, 6) is -0.298. The molecule has 6 nitrogen and oxygen atoms in total. The van der Waals surface area contributed by atoms with Gasteiger partial charge in [0.05, 0.1) is 21.2 Å². The summed E-state index contributed by atoms with van der Waals surface area (Å²) in [6.07, 6.45) is 1.13. The first-order chi connectivity index (χ1) is 14.8. The molecule has 0 bridgehead atoms. The van der Waals surface area contributed by atoms with Crippen LogP contribution in [0.25, 0.3) is 0 Å². The van der Waals surface area contributed by atoms with Crippen LogP contribution >= 0.6 is 11.8 Å². The molecule has 0 spiro atoms. The molecule has 1 atom stereocenters. The predicted molar refractivity (Wildman–Crippen MR) is 121 cm³/mol. The van der Waals surface area contributed by atoms with E-state index in [1.54, 1.807) is 36.0 Å². The van der Waals surface area contributed by atoms with E-state index in [1.165, 1.54) is 8.99 Å². The summed E-state index contributed by atoms with van der Waals surface area (Å²) in [4.78, 5) is 15.6. The summed E-state index contributed by atoms with van der Waals surface area (Å²) < 4.78 is 29.2. The quantitative estimate of drug-likeness (QED) is 0.568. The van der Waals surface area contributed by atoms with Crippen LogP contribution in [-0.2, 0) is 10.0 Å². The van der Waals surface area contributed by atoms with E-state index >= 15 is 0 Å². The first-order valence-electron chi connectivity index (χ1n) is 10.2. The maximum absolute atomic E-state index is 13.4. The molecule has 2 aromatic carbocycles. The zero-order valence-corrected chi connectivity index (χ0v) is 19.4. The van der Waals surface area contributed by atoms with E-state index in [9.17, 15) is 13.2 Å². The smallest absolute Gasteiger partial charge is 0.265 e. The van der Waals surface area contributed by atoms with Gasteiger partial charge >= 0.3 is 0 Å². The third kappa shape index (κ3) is 4.20. The number of nitrogens with zero attached hydrogens (tertiary/aromatic N) is 3. The zero-order valence-electron chi connectivity index (χ0n) is 17.8. The number of hydrogen-bond donors (Lipinski definition) is 0. The van der Waals surface area contributed by atoms with Crippen molar-refractivity contribution in [1.29, 1.82) is 0 Å². The van der Waals surface area contributed by atoms with Crippen LogP contribution in [0.5, 0.6) is 0 Å². The van der Waals surface area contributed by atoms with Gasteiger partial charge in [0.25, 0.3) is 5.91 Å². The topological polar surface area (TPSA) is 72.3 Å². The first kappa shape index (κ1) is 21.8. The maximum atomic E-state index is 13.4. The van der Waals surface area contributed by atoms with Crippen molar-refractivity contribution in [3.05, 3.63) is 71.5 Å². The monoisotopic (exact) mass is 455 g/mol. The third-order valence-corrected chi connectivity index (χ3v) is 8.74. The Morgan fingerprint density at radius 3 is 2.39 bits per heavy atom. The molecular formula is C23H25N3O3S2. The van der Waals surface area contributed by atoms with Crippen LogP contribution in [0, 0.1) is 20.8 Å². The van der Waals surface area contributed by atoms with Crippen LogP contribution in [0.4, 0.5) is 0 Å². The summed E-state index contributed by atoms with van der Waals surface area (Å²) in [6, 6.07) is 15.9. The fourth-order valence-electron chi connectivity index (χ4n) is 3.86. The molecule has 1 aromatic heterocycles. The zero-order chi connectivity index (χ0) is 22.2. The van der Waals surface area contributed by atoms with E-state index < -0.39 is 16.1 Å². The van der Waals surface area contributed by atoms with E-state index in [4.69, 9.17) is 0 Å². The molecule has 1 fully saturated rings. The van der Waals surface area contributed by atoms with Crippen LogP contribution in [0.1, 0.15) is 34.6 Å². The molecule has 8 heteroatoms. The molecule has 0 N–H and O–H groups in total. The first-order valence-corrected chi connectivity index (χ1v) is 12.5. The van der Waals surface area contributed by atoms with Crippen LogP contribution in [0.3, 0.4) is 0 Å². The number of sulfonamides is 1. The summed E-state index contributed by atoms with van der Waals surface area (Å²) in [5, 5.41) is 4.48. The van der Waals surface area contributed by atoms with Gasteiger partial charge in [-0.2, -0.15) is 9.40 Å². The van der Waals surface area contributed by atoms with Gasteiger partial charge in [-0.1, -0.05) is 47.7 Å². The van der Waals surface area contributed by atoms with Gasteiger partial charge in [0, 0.05) is 11.4 Å². The van der Waals surface area contributed by atoms with Crippen molar-refractivity contribution in [2.75, 3.05) is 6.54 Å². The van der Waals surface area contributed by atoms with Crippen molar-refractivity contribution in [3.63, 3.8) is 0 Å². The Kier molecular flexibility index (Phi) is 6.05. The van der Waals surface area contributed by atoms with Gasteiger partial charge in [-0.25, -0.2) is 13.1 Å². The van der Waals surface area contributed by atoms with Gasteiger partial charge in [0.1, 0.15) is 6.04 Å². The van der Waals surface area contributed by atoms with Crippen molar-refractivity contribution in [1.82, 2.24) is 14.1 Å². The molecule has 31 heavy (non-hydrogen) atoms. The predicted octanol–water partition coefficient (Wildman–Crippen LogP) is 4.45. The second-order valence-electron chi connectivity index (χ2n) is 7.75. The molecule has 1 aliphatic heterocycles. The lowest BCUT2D eigenvalue weighted by molar-refractivity contribution is 0.0813. The Morgan fingerprint density at radius 2 is 1.71 bits per heavy atom. The second kappa shape index (κ2) is 8.61. The third-order valence-electron chi connectivity index (χ3n) is 5.51. The van der Waals surface area contributed by atoms with Crippen molar-refractivity contribution in [3.8, 4) is 0 Å². The molecule has 162 valence electrons. The molecule has 4 rings (SSSR count). The lowest BCUT2D eigenvalue weighted by Gasteiger charge is -2.23. The fraction of sp³-hybridized carbons (Fsp3) is 0.304.